The summed E-state index contributed by atoms with van der Waals surface area (Å²) in [6.07, 6.45) is -2.51. The molecule has 1 N–H and O–H groups in total. The molecule has 7 heteroatoms. The predicted octanol–water partition coefficient (Wildman–Crippen LogP) is 3.84. The third-order valence-corrected chi connectivity index (χ3v) is 4.54. The maximum Gasteiger partial charge on any atom is 0.401 e. The molecule has 0 atom stereocenters. The molecule has 0 spiro atoms. The molecule has 0 aliphatic carbocycles. The summed E-state index contributed by atoms with van der Waals surface area (Å²) in [5.41, 5.74) is 0.917. The highest BCUT2D eigenvalue weighted by Crippen LogP contribution is 2.23. The average Bonchev–Trinajstić information content (AvgIpc) is 2.40. The largest absolute Gasteiger partial charge is 0.401 e. The third kappa shape index (κ3) is 5.47. The second kappa shape index (κ2) is 6.96. The average molecular weight is 366 g/mol. The van der Waals surface area contributed by atoms with Crippen molar-refractivity contribution in [3.8, 4) is 0 Å². The van der Waals surface area contributed by atoms with Crippen molar-refractivity contribution in [3.63, 3.8) is 0 Å². The van der Waals surface area contributed by atoms with Gasteiger partial charge in [0.05, 0.1) is 12.2 Å². The quantitative estimate of drug-likeness (QED) is 0.878. The van der Waals surface area contributed by atoms with Gasteiger partial charge in [-0.15, -0.1) is 0 Å². The number of pyridine rings is 1. The lowest BCUT2D eigenvalue weighted by Crippen LogP contribution is -2.41. The van der Waals surface area contributed by atoms with Crippen molar-refractivity contribution in [2.75, 3.05) is 31.5 Å². The Kier molecular flexibility index (Phi) is 5.48. The summed E-state index contributed by atoms with van der Waals surface area (Å²) in [6, 6.07) is 3.84. The number of anilines is 1. The molecule has 1 aliphatic heterocycles. The highest BCUT2D eigenvalue weighted by Gasteiger charge is 2.32. The van der Waals surface area contributed by atoms with Crippen LogP contribution in [0.25, 0.3) is 0 Å². The van der Waals surface area contributed by atoms with Crippen molar-refractivity contribution in [1.82, 2.24) is 9.88 Å². The smallest absolute Gasteiger partial charge is 0.370 e. The zero-order valence-electron chi connectivity index (χ0n) is 11.9. The lowest BCUT2D eigenvalue weighted by molar-refractivity contribution is -0.148. The highest BCUT2D eigenvalue weighted by molar-refractivity contribution is 9.10. The minimum Gasteiger partial charge on any atom is -0.370 e. The molecule has 3 nitrogen and oxygen atoms in total. The molecule has 2 rings (SSSR count). The van der Waals surface area contributed by atoms with E-state index in [1.165, 1.54) is 4.90 Å². The molecule has 0 amide bonds. The van der Waals surface area contributed by atoms with Gasteiger partial charge in [-0.1, -0.05) is 0 Å². The standard InChI is InChI=1S/C14H19BrF3N3/c1-10-12(15)2-3-13(20-10)19-8-11-4-6-21(7-5-11)9-14(16,17)18/h2-3,11H,4-9H2,1H3,(H,19,20). The van der Waals surface area contributed by atoms with Crippen molar-refractivity contribution in [2.24, 2.45) is 5.92 Å². The Hall–Kier alpha value is -0.820. The molecule has 1 fully saturated rings. The minimum atomic E-state index is -4.09. The van der Waals surface area contributed by atoms with Crippen LogP contribution in [-0.2, 0) is 0 Å². The second-order valence-electron chi connectivity index (χ2n) is 5.48. The summed E-state index contributed by atoms with van der Waals surface area (Å²) in [6.45, 7) is 2.91. The summed E-state index contributed by atoms with van der Waals surface area (Å²) < 4.78 is 37.9. The molecule has 0 aromatic carbocycles. The van der Waals surface area contributed by atoms with Crippen molar-refractivity contribution in [2.45, 2.75) is 25.9 Å². The van der Waals surface area contributed by atoms with E-state index in [0.29, 0.717) is 19.0 Å². The number of nitrogens with zero attached hydrogens (tertiary/aromatic N) is 2. The fraction of sp³-hybridized carbons (Fsp3) is 0.643. The number of aryl methyl sites for hydroxylation is 1. The number of nitrogens with one attached hydrogen (secondary N) is 1. The van der Waals surface area contributed by atoms with Gasteiger partial charge in [0.25, 0.3) is 0 Å². The molecule has 0 unspecified atom stereocenters. The molecule has 1 aromatic heterocycles. The van der Waals surface area contributed by atoms with Gasteiger partial charge in [0.1, 0.15) is 5.82 Å². The van der Waals surface area contributed by atoms with E-state index in [0.717, 1.165) is 35.4 Å². The normalized spacial score (nSPS) is 18.0. The molecule has 1 aromatic rings. The van der Waals surface area contributed by atoms with Gasteiger partial charge in [0.2, 0.25) is 0 Å². The van der Waals surface area contributed by atoms with Crippen LogP contribution in [0.5, 0.6) is 0 Å². The van der Waals surface area contributed by atoms with Gasteiger partial charge in [0.15, 0.2) is 0 Å². The Balaban J connectivity index is 1.75. The van der Waals surface area contributed by atoms with E-state index in [9.17, 15) is 13.2 Å². The number of hydrogen-bond acceptors (Lipinski definition) is 3. The molecule has 21 heavy (non-hydrogen) atoms. The second-order valence-corrected chi connectivity index (χ2v) is 6.33. The first kappa shape index (κ1) is 16.5. The SMILES string of the molecule is Cc1nc(NCC2CCN(CC(F)(F)F)CC2)ccc1Br. The van der Waals surface area contributed by atoms with E-state index in [2.05, 4.69) is 26.2 Å². The number of likely N-dealkylation sites (tertiary alicyclic amines) is 1. The van der Waals surface area contributed by atoms with Gasteiger partial charge >= 0.3 is 6.18 Å². The van der Waals surface area contributed by atoms with E-state index < -0.39 is 12.7 Å². The minimum absolute atomic E-state index is 0.403. The maximum absolute atomic E-state index is 12.3. The number of alkyl halides is 3. The molecule has 0 radical (unpaired) electrons. The van der Waals surface area contributed by atoms with Crippen LogP contribution in [0.2, 0.25) is 0 Å². The molecule has 1 saturated heterocycles. The first-order valence-corrected chi connectivity index (χ1v) is 7.79. The first-order chi connectivity index (χ1) is 9.83. The van der Waals surface area contributed by atoms with Crippen LogP contribution in [0.4, 0.5) is 19.0 Å². The number of aromatic nitrogens is 1. The van der Waals surface area contributed by atoms with Crippen LogP contribution in [0.3, 0.4) is 0 Å². The van der Waals surface area contributed by atoms with Crippen LogP contribution < -0.4 is 5.32 Å². The third-order valence-electron chi connectivity index (χ3n) is 3.70. The van der Waals surface area contributed by atoms with E-state index >= 15 is 0 Å². The molecular weight excluding hydrogens is 347 g/mol. The van der Waals surface area contributed by atoms with Gasteiger partial charge in [-0.2, -0.15) is 13.2 Å². The van der Waals surface area contributed by atoms with Crippen LogP contribution >= 0.6 is 15.9 Å². The number of halogens is 4. The van der Waals surface area contributed by atoms with Crippen LogP contribution in [0.1, 0.15) is 18.5 Å². The van der Waals surface area contributed by atoms with E-state index in [1.807, 2.05) is 19.1 Å². The molecule has 1 aliphatic rings. The predicted molar refractivity (Wildman–Crippen MR) is 80.4 cm³/mol. The Bertz CT molecular complexity index is 471. The first-order valence-electron chi connectivity index (χ1n) is 6.99. The van der Waals surface area contributed by atoms with Crippen molar-refractivity contribution < 1.29 is 13.2 Å². The maximum atomic E-state index is 12.3. The summed E-state index contributed by atoms with van der Waals surface area (Å²) in [5, 5.41) is 3.27. The van der Waals surface area contributed by atoms with Gasteiger partial charge in [-0.25, -0.2) is 4.98 Å². The van der Waals surface area contributed by atoms with Gasteiger partial charge < -0.3 is 5.32 Å². The van der Waals surface area contributed by atoms with Crippen LogP contribution in [0.15, 0.2) is 16.6 Å². The molecule has 118 valence electrons. The highest BCUT2D eigenvalue weighted by atomic mass is 79.9. The topological polar surface area (TPSA) is 28.2 Å². The van der Waals surface area contributed by atoms with E-state index in [4.69, 9.17) is 0 Å². The van der Waals surface area contributed by atoms with Crippen LogP contribution in [-0.4, -0.2) is 42.2 Å². The number of rotatable bonds is 4. The number of piperidine rings is 1. The van der Waals surface area contributed by atoms with E-state index in [1.54, 1.807) is 0 Å². The van der Waals surface area contributed by atoms with Crippen molar-refractivity contribution in [1.29, 1.82) is 0 Å². The summed E-state index contributed by atoms with van der Waals surface area (Å²) in [7, 11) is 0. The zero-order chi connectivity index (χ0) is 15.5. The van der Waals surface area contributed by atoms with Crippen LogP contribution in [0, 0.1) is 12.8 Å². The lowest BCUT2D eigenvalue weighted by atomic mass is 9.97. The van der Waals surface area contributed by atoms with Gasteiger partial charge in [-0.05, 0) is 66.8 Å². The summed E-state index contributed by atoms with van der Waals surface area (Å²) in [5.74, 6) is 1.22. The monoisotopic (exact) mass is 365 g/mol. The molecule has 0 saturated carbocycles. The Labute approximate surface area is 131 Å². The Morgan fingerprint density at radius 3 is 2.57 bits per heavy atom. The van der Waals surface area contributed by atoms with Crippen molar-refractivity contribution in [3.05, 3.63) is 22.3 Å². The van der Waals surface area contributed by atoms with Gasteiger partial charge in [0, 0.05) is 11.0 Å². The lowest BCUT2D eigenvalue weighted by Gasteiger charge is -2.32. The van der Waals surface area contributed by atoms with Gasteiger partial charge in [-0.3, -0.25) is 4.90 Å². The zero-order valence-corrected chi connectivity index (χ0v) is 13.5. The molecule has 0 bridgehead atoms. The number of hydrogen-bond donors (Lipinski definition) is 1. The van der Waals surface area contributed by atoms with E-state index in [-0.39, 0.29) is 0 Å². The van der Waals surface area contributed by atoms with Crippen molar-refractivity contribution >= 4 is 21.7 Å². The fourth-order valence-electron chi connectivity index (χ4n) is 2.49. The fourth-order valence-corrected chi connectivity index (χ4v) is 2.71. The Morgan fingerprint density at radius 1 is 1.33 bits per heavy atom. The molecule has 2 heterocycles. The molecular formula is C14H19BrF3N3. The Morgan fingerprint density at radius 2 is 2.00 bits per heavy atom. The summed E-state index contributed by atoms with van der Waals surface area (Å²) >= 11 is 3.40. The summed E-state index contributed by atoms with van der Waals surface area (Å²) in [4.78, 5) is 5.89.